The Balaban J connectivity index is 2.30. The quantitative estimate of drug-likeness (QED) is 0.489. The predicted molar refractivity (Wildman–Crippen MR) is 36.8 cm³/mol. The Hall–Kier alpha value is 0. The minimum Gasteiger partial charge on any atom is -0.0651 e. The van der Waals surface area contributed by atoms with E-state index in [4.69, 9.17) is 0 Å². The van der Waals surface area contributed by atoms with Gasteiger partial charge in [0.25, 0.3) is 0 Å². The lowest BCUT2D eigenvalue weighted by molar-refractivity contribution is 0.407. The second kappa shape index (κ2) is 2.52. The zero-order valence-electron chi connectivity index (χ0n) is 5.98. The van der Waals surface area contributed by atoms with Crippen molar-refractivity contribution in [3.05, 3.63) is 0 Å². The number of rotatable bonds is 1. The molecule has 0 saturated heterocycles. The molecule has 0 aromatic heterocycles. The summed E-state index contributed by atoms with van der Waals surface area (Å²) in [6, 6.07) is 0. The molecule has 0 nitrogen and oxygen atoms in total. The van der Waals surface area contributed by atoms with E-state index in [1.807, 2.05) is 0 Å². The summed E-state index contributed by atoms with van der Waals surface area (Å²) in [5.41, 5.74) is 0. The van der Waals surface area contributed by atoms with Gasteiger partial charge >= 0.3 is 0 Å². The van der Waals surface area contributed by atoms with Gasteiger partial charge in [0.2, 0.25) is 0 Å². The first-order valence-electron chi connectivity index (χ1n) is 3.84. The van der Waals surface area contributed by atoms with Crippen LogP contribution in [0.15, 0.2) is 0 Å². The molecule has 1 fully saturated rings. The van der Waals surface area contributed by atoms with Gasteiger partial charge in [0.15, 0.2) is 0 Å². The lowest BCUT2D eigenvalue weighted by Gasteiger charge is -2.10. The second-order valence-corrected chi connectivity index (χ2v) is 3.08. The highest BCUT2D eigenvalue weighted by molar-refractivity contribution is 4.72. The van der Waals surface area contributed by atoms with Gasteiger partial charge in [-0.3, -0.25) is 0 Å². The fourth-order valence-corrected chi connectivity index (χ4v) is 1.83. The van der Waals surface area contributed by atoms with Crippen molar-refractivity contribution in [2.75, 3.05) is 0 Å². The van der Waals surface area contributed by atoms with E-state index in [9.17, 15) is 0 Å². The van der Waals surface area contributed by atoms with Crippen LogP contribution >= 0.6 is 0 Å². The molecule has 1 rings (SSSR count). The van der Waals surface area contributed by atoms with Gasteiger partial charge in [-0.2, -0.15) is 0 Å². The second-order valence-electron chi connectivity index (χ2n) is 3.08. The Kier molecular flexibility index (Phi) is 1.93. The third-order valence-corrected chi connectivity index (χ3v) is 2.56. The molecule has 0 bridgehead atoms. The molecule has 2 atom stereocenters. The minimum absolute atomic E-state index is 1.03. The van der Waals surface area contributed by atoms with Crippen LogP contribution in [0.3, 0.4) is 0 Å². The average Bonchev–Trinajstić information content (AvgIpc) is 2.14. The van der Waals surface area contributed by atoms with Crippen LogP contribution in [0.2, 0.25) is 0 Å². The molecule has 48 valence electrons. The Bertz CT molecular complexity index is 66.4. The van der Waals surface area contributed by atoms with Gasteiger partial charge in [-0.1, -0.05) is 39.5 Å². The molecule has 0 aliphatic heterocycles. The van der Waals surface area contributed by atoms with Gasteiger partial charge in [-0.05, 0) is 11.8 Å². The summed E-state index contributed by atoms with van der Waals surface area (Å²) in [7, 11) is 0. The highest BCUT2D eigenvalue weighted by atomic mass is 14.3. The molecule has 0 heteroatoms. The van der Waals surface area contributed by atoms with Gasteiger partial charge in [-0.25, -0.2) is 0 Å². The SMILES string of the molecule is CC[C@@H]1CCCC1C. The van der Waals surface area contributed by atoms with Crippen molar-refractivity contribution in [2.24, 2.45) is 11.8 Å². The predicted octanol–water partition coefficient (Wildman–Crippen LogP) is 2.83. The summed E-state index contributed by atoms with van der Waals surface area (Å²) in [6.45, 7) is 4.70. The van der Waals surface area contributed by atoms with E-state index < -0.39 is 0 Å². The van der Waals surface area contributed by atoms with Crippen LogP contribution in [0, 0.1) is 11.8 Å². The van der Waals surface area contributed by atoms with E-state index in [-0.39, 0.29) is 0 Å². The molecule has 1 aliphatic carbocycles. The molecule has 0 aromatic carbocycles. The van der Waals surface area contributed by atoms with Gasteiger partial charge in [0, 0.05) is 0 Å². The maximum atomic E-state index is 2.39. The van der Waals surface area contributed by atoms with E-state index in [2.05, 4.69) is 13.8 Å². The van der Waals surface area contributed by atoms with E-state index >= 15 is 0 Å². The standard InChI is InChI=1S/C8H16/c1-3-8-6-4-5-7(8)2/h7-8H,3-6H2,1-2H3/t7?,8-/m1/s1. The van der Waals surface area contributed by atoms with Crippen LogP contribution < -0.4 is 0 Å². The monoisotopic (exact) mass is 112 g/mol. The van der Waals surface area contributed by atoms with Crippen LogP contribution in [-0.2, 0) is 0 Å². The fraction of sp³-hybridized carbons (Fsp3) is 1.00. The zero-order valence-corrected chi connectivity index (χ0v) is 5.98. The van der Waals surface area contributed by atoms with Crippen LogP contribution in [0.25, 0.3) is 0 Å². The first kappa shape index (κ1) is 6.12. The summed E-state index contributed by atoms with van der Waals surface area (Å²) < 4.78 is 0. The maximum Gasteiger partial charge on any atom is -0.0391 e. The molecule has 0 amide bonds. The van der Waals surface area contributed by atoms with Crippen molar-refractivity contribution in [1.29, 1.82) is 0 Å². The van der Waals surface area contributed by atoms with E-state index in [1.54, 1.807) is 0 Å². The summed E-state index contributed by atoms with van der Waals surface area (Å²) in [5.74, 6) is 2.09. The molecule has 1 saturated carbocycles. The molecule has 8 heavy (non-hydrogen) atoms. The van der Waals surface area contributed by atoms with Gasteiger partial charge in [0.1, 0.15) is 0 Å². The van der Waals surface area contributed by atoms with Crippen LogP contribution in [-0.4, -0.2) is 0 Å². The third-order valence-electron chi connectivity index (χ3n) is 2.56. The minimum atomic E-state index is 1.03. The lowest BCUT2D eigenvalue weighted by atomic mass is 9.96. The van der Waals surface area contributed by atoms with Crippen molar-refractivity contribution < 1.29 is 0 Å². The maximum absolute atomic E-state index is 2.39. The Morgan fingerprint density at radius 1 is 1.38 bits per heavy atom. The topological polar surface area (TPSA) is 0 Å². The molecular formula is C8H16. The van der Waals surface area contributed by atoms with Crippen molar-refractivity contribution in [2.45, 2.75) is 39.5 Å². The Morgan fingerprint density at radius 2 is 2.12 bits per heavy atom. The molecule has 1 aliphatic rings. The summed E-state index contributed by atoms with van der Waals surface area (Å²) >= 11 is 0. The summed E-state index contributed by atoms with van der Waals surface area (Å²) in [6.07, 6.45) is 5.87. The van der Waals surface area contributed by atoms with E-state index in [0.29, 0.717) is 0 Å². The van der Waals surface area contributed by atoms with Crippen LogP contribution in [0.1, 0.15) is 39.5 Å². The molecule has 0 radical (unpaired) electrons. The lowest BCUT2D eigenvalue weighted by Crippen LogP contribution is -2.00. The van der Waals surface area contributed by atoms with Crippen LogP contribution in [0.5, 0.6) is 0 Å². The van der Waals surface area contributed by atoms with Crippen LogP contribution in [0.4, 0.5) is 0 Å². The zero-order chi connectivity index (χ0) is 5.98. The first-order valence-corrected chi connectivity index (χ1v) is 3.84. The molecule has 0 spiro atoms. The summed E-state index contributed by atoms with van der Waals surface area (Å²) in [4.78, 5) is 0. The largest absolute Gasteiger partial charge is 0.0651 e. The van der Waals surface area contributed by atoms with Crippen molar-refractivity contribution >= 4 is 0 Å². The van der Waals surface area contributed by atoms with Crippen molar-refractivity contribution in [1.82, 2.24) is 0 Å². The molecule has 0 N–H and O–H groups in total. The molecule has 0 aromatic rings. The normalized spacial score (nSPS) is 38.2. The van der Waals surface area contributed by atoms with E-state index in [1.165, 1.54) is 25.7 Å². The van der Waals surface area contributed by atoms with E-state index in [0.717, 1.165) is 11.8 Å². The Labute approximate surface area is 52.3 Å². The fourth-order valence-electron chi connectivity index (χ4n) is 1.83. The number of hydrogen-bond acceptors (Lipinski definition) is 0. The average molecular weight is 112 g/mol. The molecular weight excluding hydrogens is 96.1 g/mol. The Morgan fingerprint density at radius 3 is 2.38 bits per heavy atom. The van der Waals surface area contributed by atoms with Gasteiger partial charge < -0.3 is 0 Å². The van der Waals surface area contributed by atoms with Crippen molar-refractivity contribution in [3.63, 3.8) is 0 Å². The van der Waals surface area contributed by atoms with Crippen molar-refractivity contribution in [3.8, 4) is 0 Å². The third kappa shape index (κ3) is 1.04. The smallest absolute Gasteiger partial charge is 0.0391 e. The number of hydrogen-bond donors (Lipinski definition) is 0. The molecule has 1 unspecified atom stereocenters. The van der Waals surface area contributed by atoms with Gasteiger partial charge in [0.05, 0.1) is 0 Å². The highest BCUT2D eigenvalue weighted by Crippen LogP contribution is 2.32. The first-order chi connectivity index (χ1) is 3.84. The molecule has 0 heterocycles. The highest BCUT2D eigenvalue weighted by Gasteiger charge is 2.20. The van der Waals surface area contributed by atoms with Gasteiger partial charge in [-0.15, -0.1) is 0 Å². The summed E-state index contributed by atoms with van der Waals surface area (Å²) in [5, 5.41) is 0.